The topological polar surface area (TPSA) is 26.3 Å². The molecule has 2 saturated carbocycles. The van der Waals surface area contributed by atoms with E-state index in [2.05, 4.69) is 52.0 Å². The van der Waals surface area contributed by atoms with Crippen LogP contribution in [-0.2, 0) is 9.53 Å². The van der Waals surface area contributed by atoms with Crippen LogP contribution >= 0.6 is 0 Å². The molecule has 0 aromatic heterocycles. The van der Waals surface area contributed by atoms with Crippen molar-refractivity contribution in [3.05, 3.63) is 24.3 Å². The first-order valence-corrected chi connectivity index (χ1v) is 12.9. The lowest BCUT2D eigenvalue weighted by Gasteiger charge is -2.38. The molecule has 0 aromatic carbocycles. The highest BCUT2D eigenvalue weighted by Crippen LogP contribution is 2.66. The lowest BCUT2D eigenvalue weighted by molar-refractivity contribution is -0.157. The monoisotopic (exact) mass is 416 g/mol. The van der Waals surface area contributed by atoms with E-state index >= 15 is 0 Å². The van der Waals surface area contributed by atoms with Crippen molar-refractivity contribution in [2.75, 3.05) is 0 Å². The fourth-order valence-electron chi connectivity index (χ4n) is 5.61. The lowest BCUT2D eigenvalue weighted by Crippen LogP contribution is -2.38. The Morgan fingerprint density at radius 2 is 1.53 bits per heavy atom. The zero-order valence-electron chi connectivity index (χ0n) is 20.4. The van der Waals surface area contributed by atoms with Gasteiger partial charge >= 0.3 is 5.97 Å². The minimum Gasteiger partial charge on any atom is -0.462 e. The third-order valence-electron chi connectivity index (χ3n) is 8.32. The number of carbonyl (C=O) groups excluding carboxylic acids is 1. The van der Waals surface area contributed by atoms with E-state index in [9.17, 15) is 4.79 Å². The molecule has 2 fully saturated rings. The summed E-state index contributed by atoms with van der Waals surface area (Å²) in [4.78, 5) is 12.3. The van der Waals surface area contributed by atoms with Crippen molar-refractivity contribution < 1.29 is 9.53 Å². The average Bonchev–Trinajstić information content (AvgIpc) is 3.04. The summed E-state index contributed by atoms with van der Waals surface area (Å²) in [7, 11) is 0. The second-order valence-corrected chi connectivity index (χ2v) is 10.6. The Hall–Kier alpha value is -1.05. The highest BCUT2D eigenvalue weighted by Gasteiger charge is 2.62. The number of unbranched alkanes of at least 4 members (excludes halogenated alkanes) is 8. The van der Waals surface area contributed by atoms with Gasteiger partial charge in [-0.1, -0.05) is 84.1 Å². The number of esters is 1. The summed E-state index contributed by atoms with van der Waals surface area (Å²) >= 11 is 0. The quantitative estimate of drug-likeness (QED) is 0.152. The summed E-state index contributed by atoms with van der Waals surface area (Å²) in [6.45, 7) is 9.34. The van der Waals surface area contributed by atoms with Crippen molar-refractivity contribution in [2.45, 2.75) is 130 Å². The number of hydrogen-bond donors (Lipinski definition) is 0. The molecular weight excluding hydrogens is 368 g/mol. The highest BCUT2D eigenvalue weighted by atomic mass is 16.5. The van der Waals surface area contributed by atoms with E-state index in [1.54, 1.807) is 0 Å². The van der Waals surface area contributed by atoms with Crippen molar-refractivity contribution in [1.82, 2.24) is 0 Å². The molecule has 0 aromatic rings. The summed E-state index contributed by atoms with van der Waals surface area (Å²) in [6, 6.07) is 0. The first kappa shape index (κ1) is 25.2. The second-order valence-electron chi connectivity index (χ2n) is 10.6. The molecule has 2 aliphatic rings. The smallest absolute Gasteiger partial charge is 0.306 e. The molecule has 30 heavy (non-hydrogen) atoms. The number of rotatable bonds is 15. The number of ether oxygens (including phenoxy) is 1. The molecule has 2 nitrogen and oxygen atoms in total. The molecule has 0 radical (unpaired) electrons. The van der Waals surface area contributed by atoms with Crippen LogP contribution in [0.1, 0.15) is 124 Å². The fraction of sp³-hybridized carbons (Fsp3) is 0.821. The number of allylic oxidation sites excluding steroid dienone is 4. The minimum absolute atomic E-state index is 0.0373. The van der Waals surface area contributed by atoms with Gasteiger partial charge in [-0.3, -0.25) is 4.79 Å². The Morgan fingerprint density at radius 3 is 2.13 bits per heavy atom. The van der Waals surface area contributed by atoms with Crippen molar-refractivity contribution in [1.29, 1.82) is 0 Å². The summed E-state index contributed by atoms with van der Waals surface area (Å²) in [5.41, 5.74) is 0.503. The third kappa shape index (κ3) is 6.99. The molecule has 0 aliphatic heterocycles. The van der Waals surface area contributed by atoms with Crippen LogP contribution in [0.4, 0.5) is 0 Å². The zero-order chi connectivity index (χ0) is 21.9. The molecule has 0 amide bonds. The summed E-state index contributed by atoms with van der Waals surface area (Å²) in [5.74, 6) is 0.770. The van der Waals surface area contributed by atoms with Gasteiger partial charge in [0, 0.05) is 11.8 Å². The van der Waals surface area contributed by atoms with Gasteiger partial charge in [0.1, 0.15) is 6.10 Å². The van der Waals surface area contributed by atoms with Crippen LogP contribution in [0.2, 0.25) is 0 Å². The standard InChI is InChI=1S/C28H48O2/c1-5-6-7-8-9-10-11-12-13-14-15-16-17-18-19-20-26(29)30-25-23-24-21-22-28(25,4)27(24,2)3/h9-10,12-13,24-25H,5-8,11,14-23H2,1-4H3/b10-9-,13-12-/t24-,25?,28-/m1/s1. The van der Waals surface area contributed by atoms with E-state index in [0.717, 1.165) is 31.6 Å². The van der Waals surface area contributed by atoms with Crippen LogP contribution in [-0.4, -0.2) is 12.1 Å². The maximum atomic E-state index is 12.3. The molecule has 2 bridgehead atoms. The Morgan fingerprint density at radius 1 is 0.900 bits per heavy atom. The van der Waals surface area contributed by atoms with E-state index < -0.39 is 0 Å². The van der Waals surface area contributed by atoms with Gasteiger partial charge in [0.2, 0.25) is 0 Å². The normalized spacial score (nSPS) is 27.5. The molecular formula is C28H48O2. The first-order valence-electron chi connectivity index (χ1n) is 12.9. The molecule has 0 saturated heterocycles. The minimum atomic E-state index is 0.0373. The van der Waals surface area contributed by atoms with Gasteiger partial charge in [-0.25, -0.2) is 0 Å². The van der Waals surface area contributed by atoms with Gasteiger partial charge in [-0.15, -0.1) is 0 Å². The molecule has 2 aliphatic carbocycles. The van der Waals surface area contributed by atoms with E-state index in [-0.39, 0.29) is 17.5 Å². The van der Waals surface area contributed by atoms with Crippen molar-refractivity contribution in [3.8, 4) is 0 Å². The average molecular weight is 417 g/mol. The van der Waals surface area contributed by atoms with Gasteiger partial charge in [-0.2, -0.15) is 0 Å². The van der Waals surface area contributed by atoms with Gasteiger partial charge in [0.15, 0.2) is 0 Å². The SMILES string of the molecule is CCCCC/C=C\C/C=C\CCCCCCCC(=O)OC1C[C@H]2CC[C@@]1(C)C2(C)C. The fourth-order valence-corrected chi connectivity index (χ4v) is 5.61. The molecule has 2 heteroatoms. The second kappa shape index (κ2) is 12.7. The number of fused-ring (bicyclic) bond motifs is 2. The van der Waals surface area contributed by atoms with E-state index in [4.69, 9.17) is 4.74 Å². The van der Waals surface area contributed by atoms with Crippen molar-refractivity contribution in [3.63, 3.8) is 0 Å². The van der Waals surface area contributed by atoms with Crippen LogP contribution in [0.5, 0.6) is 0 Å². The molecule has 1 unspecified atom stereocenters. The van der Waals surface area contributed by atoms with Gasteiger partial charge < -0.3 is 4.74 Å². The van der Waals surface area contributed by atoms with E-state index in [0.29, 0.717) is 11.8 Å². The molecule has 3 atom stereocenters. The number of hydrogen-bond acceptors (Lipinski definition) is 2. The van der Waals surface area contributed by atoms with Crippen LogP contribution < -0.4 is 0 Å². The summed E-state index contributed by atoms with van der Waals surface area (Å²) in [5, 5.41) is 0. The van der Waals surface area contributed by atoms with Gasteiger partial charge in [0.05, 0.1) is 0 Å². The summed E-state index contributed by atoms with van der Waals surface area (Å²) < 4.78 is 5.95. The molecule has 2 rings (SSSR count). The lowest BCUT2D eigenvalue weighted by atomic mass is 9.70. The molecule has 0 N–H and O–H groups in total. The van der Waals surface area contributed by atoms with Crippen LogP contribution in [0.3, 0.4) is 0 Å². The predicted molar refractivity (Wildman–Crippen MR) is 128 cm³/mol. The zero-order valence-corrected chi connectivity index (χ0v) is 20.4. The Bertz CT molecular complexity index is 559. The predicted octanol–water partition coefficient (Wildman–Crippen LogP) is 8.56. The molecule has 0 heterocycles. The molecule has 0 spiro atoms. The van der Waals surface area contributed by atoms with E-state index in [1.165, 1.54) is 64.2 Å². The van der Waals surface area contributed by atoms with Crippen LogP contribution in [0.15, 0.2) is 24.3 Å². The Labute approximate surface area is 186 Å². The van der Waals surface area contributed by atoms with Crippen LogP contribution in [0.25, 0.3) is 0 Å². The molecule has 172 valence electrons. The van der Waals surface area contributed by atoms with Crippen molar-refractivity contribution >= 4 is 5.97 Å². The highest BCUT2D eigenvalue weighted by molar-refractivity contribution is 5.69. The van der Waals surface area contributed by atoms with E-state index in [1.807, 2.05) is 0 Å². The van der Waals surface area contributed by atoms with Gasteiger partial charge in [0.25, 0.3) is 0 Å². The van der Waals surface area contributed by atoms with Crippen molar-refractivity contribution in [2.24, 2.45) is 16.7 Å². The van der Waals surface area contributed by atoms with Gasteiger partial charge in [-0.05, 0) is 69.1 Å². The maximum absolute atomic E-state index is 12.3. The summed E-state index contributed by atoms with van der Waals surface area (Å²) in [6.07, 6.45) is 26.9. The van der Waals surface area contributed by atoms with Crippen LogP contribution in [0, 0.1) is 16.7 Å². The number of carbonyl (C=O) groups is 1. The first-order chi connectivity index (χ1) is 14.4. The third-order valence-corrected chi connectivity index (χ3v) is 8.32. The largest absolute Gasteiger partial charge is 0.462 e. The Balaban J connectivity index is 1.43. The maximum Gasteiger partial charge on any atom is 0.306 e. The Kier molecular flexibility index (Phi) is 10.7.